The Kier molecular flexibility index (Phi) is 5.24. The molecule has 0 aliphatic carbocycles. The molecule has 1 atom stereocenters. The number of ether oxygens (including phenoxy) is 2. The van der Waals surface area contributed by atoms with Crippen LogP contribution in [0.3, 0.4) is 0 Å². The molecular weight excluding hydrogens is 342 g/mol. The second-order valence-corrected chi connectivity index (χ2v) is 6.18. The van der Waals surface area contributed by atoms with Gasteiger partial charge in [-0.05, 0) is 18.2 Å². The number of hydrogen-bond acceptors (Lipinski definition) is 4. The van der Waals surface area contributed by atoms with Gasteiger partial charge < -0.3 is 14.4 Å². The quantitative estimate of drug-likeness (QED) is 0.767. The van der Waals surface area contributed by atoms with Gasteiger partial charge in [0.05, 0.1) is 18.7 Å². The van der Waals surface area contributed by atoms with Crippen molar-refractivity contribution >= 4 is 29.2 Å². The van der Waals surface area contributed by atoms with Crippen molar-refractivity contribution in [1.29, 1.82) is 0 Å². The van der Waals surface area contributed by atoms with Crippen molar-refractivity contribution in [2.45, 2.75) is 13.0 Å². The Morgan fingerprint density at radius 1 is 1.20 bits per heavy atom. The molecule has 1 saturated heterocycles. The SMILES string of the molecule is COc1ccccc1N1C[C@H](C(=O)OCc2ccccc2Cl)CC1=O. The highest BCUT2D eigenvalue weighted by atomic mass is 35.5. The minimum Gasteiger partial charge on any atom is -0.495 e. The number of methoxy groups -OCH3 is 1. The van der Waals surface area contributed by atoms with Crippen LogP contribution in [0.1, 0.15) is 12.0 Å². The number of esters is 1. The fourth-order valence-corrected chi connectivity index (χ4v) is 3.02. The molecule has 0 N–H and O–H groups in total. The summed E-state index contributed by atoms with van der Waals surface area (Å²) in [5.41, 5.74) is 1.40. The maximum Gasteiger partial charge on any atom is 0.311 e. The molecule has 1 heterocycles. The predicted octanol–water partition coefficient (Wildman–Crippen LogP) is 3.44. The zero-order valence-corrected chi connectivity index (χ0v) is 14.5. The summed E-state index contributed by atoms with van der Waals surface area (Å²) in [4.78, 5) is 26.2. The Morgan fingerprint density at radius 3 is 2.68 bits per heavy atom. The van der Waals surface area contributed by atoms with Crippen LogP contribution in [-0.2, 0) is 20.9 Å². The number of anilines is 1. The molecule has 0 spiro atoms. The van der Waals surface area contributed by atoms with Gasteiger partial charge in [-0.2, -0.15) is 0 Å². The van der Waals surface area contributed by atoms with Crippen LogP contribution in [0.25, 0.3) is 0 Å². The summed E-state index contributed by atoms with van der Waals surface area (Å²) in [6.45, 7) is 0.373. The highest BCUT2D eigenvalue weighted by Gasteiger charge is 2.37. The van der Waals surface area contributed by atoms with E-state index in [-0.39, 0.29) is 25.5 Å². The summed E-state index contributed by atoms with van der Waals surface area (Å²) in [5.74, 6) is -0.421. The van der Waals surface area contributed by atoms with Crippen molar-refractivity contribution in [2.24, 2.45) is 5.92 Å². The van der Waals surface area contributed by atoms with Crippen molar-refractivity contribution in [1.82, 2.24) is 0 Å². The highest BCUT2D eigenvalue weighted by Crippen LogP contribution is 2.33. The number of hydrogen-bond donors (Lipinski definition) is 0. The number of nitrogens with zero attached hydrogens (tertiary/aromatic N) is 1. The number of benzene rings is 2. The van der Waals surface area contributed by atoms with E-state index in [4.69, 9.17) is 21.1 Å². The first-order valence-corrected chi connectivity index (χ1v) is 8.31. The lowest BCUT2D eigenvalue weighted by Gasteiger charge is -2.19. The van der Waals surface area contributed by atoms with Gasteiger partial charge >= 0.3 is 5.97 Å². The zero-order chi connectivity index (χ0) is 17.8. The lowest BCUT2D eigenvalue weighted by atomic mass is 10.1. The molecule has 1 amide bonds. The van der Waals surface area contributed by atoms with Gasteiger partial charge in [-0.1, -0.05) is 41.9 Å². The normalized spacial score (nSPS) is 16.8. The molecule has 0 bridgehead atoms. The van der Waals surface area contributed by atoms with Gasteiger partial charge in [0.15, 0.2) is 0 Å². The van der Waals surface area contributed by atoms with Crippen LogP contribution in [0, 0.1) is 5.92 Å². The smallest absolute Gasteiger partial charge is 0.311 e. The maximum absolute atomic E-state index is 12.3. The van der Waals surface area contributed by atoms with Gasteiger partial charge in [0.25, 0.3) is 0 Å². The van der Waals surface area contributed by atoms with E-state index >= 15 is 0 Å². The van der Waals surface area contributed by atoms with E-state index in [0.29, 0.717) is 16.5 Å². The third-order valence-electron chi connectivity index (χ3n) is 4.16. The fraction of sp³-hybridized carbons (Fsp3) is 0.263. The first-order valence-electron chi connectivity index (χ1n) is 7.93. The van der Waals surface area contributed by atoms with E-state index in [9.17, 15) is 9.59 Å². The van der Waals surface area contributed by atoms with Crippen molar-refractivity contribution in [3.05, 3.63) is 59.1 Å². The van der Waals surface area contributed by atoms with Crippen molar-refractivity contribution < 1.29 is 19.1 Å². The molecule has 1 aliphatic rings. The van der Waals surface area contributed by atoms with Gasteiger partial charge in [-0.3, -0.25) is 9.59 Å². The van der Waals surface area contributed by atoms with Gasteiger partial charge in [0, 0.05) is 23.6 Å². The van der Waals surface area contributed by atoms with E-state index < -0.39 is 11.9 Å². The molecule has 25 heavy (non-hydrogen) atoms. The van der Waals surface area contributed by atoms with E-state index in [1.165, 1.54) is 0 Å². The van der Waals surface area contributed by atoms with Crippen molar-refractivity contribution in [3.63, 3.8) is 0 Å². The monoisotopic (exact) mass is 359 g/mol. The minimum absolute atomic E-state index is 0.0951. The number of halogens is 1. The van der Waals surface area contributed by atoms with Crippen molar-refractivity contribution in [3.8, 4) is 5.75 Å². The van der Waals surface area contributed by atoms with E-state index in [0.717, 1.165) is 5.56 Å². The minimum atomic E-state index is -0.500. The molecule has 2 aromatic rings. The van der Waals surface area contributed by atoms with Gasteiger partial charge in [0.2, 0.25) is 5.91 Å². The molecule has 0 radical (unpaired) electrons. The number of carbonyl (C=O) groups excluding carboxylic acids is 2. The highest BCUT2D eigenvalue weighted by molar-refractivity contribution is 6.31. The standard InChI is InChI=1S/C19H18ClNO4/c1-24-17-9-5-4-8-16(17)21-11-14(10-18(21)22)19(23)25-12-13-6-2-3-7-15(13)20/h2-9,14H,10-12H2,1H3/t14-/m1/s1. The van der Waals surface area contributed by atoms with Crippen LogP contribution in [0.15, 0.2) is 48.5 Å². The molecule has 3 rings (SSSR count). The molecule has 0 unspecified atom stereocenters. The molecule has 0 aromatic heterocycles. The fourth-order valence-electron chi connectivity index (χ4n) is 2.83. The third-order valence-corrected chi connectivity index (χ3v) is 4.53. The van der Waals surface area contributed by atoms with Gasteiger partial charge in [-0.25, -0.2) is 0 Å². The molecule has 2 aromatic carbocycles. The van der Waals surface area contributed by atoms with E-state index in [1.54, 1.807) is 36.3 Å². The van der Waals surface area contributed by atoms with Crippen LogP contribution in [0.2, 0.25) is 5.02 Å². The first kappa shape index (κ1) is 17.3. The second-order valence-electron chi connectivity index (χ2n) is 5.78. The summed E-state index contributed by atoms with van der Waals surface area (Å²) in [7, 11) is 1.55. The van der Waals surface area contributed by atoms with Crippen LogP contribution >= 0.6 is 11.6 Å². The summed E-state index contributed by atoms with van der Waals surface area (Å²) in [6, 6.07) is 14.4. The predicted molar refractivity (Wildman–Crippen MR) is 94.7 cm³/mol. The number of carbonyl (C=O) groups is 2. The van der Waals surface area contributed by atoms with E-state index in [2.05, 4.69) is 0 Å². The molecule has 5 nitrogen and oxygen atoms in total. The average molecular weight is 360 g/mol. The molecule has 0 saturated carbocycles. The van der Waals surface area contributed by atoms with Crippen LogP contribution < -0.4 is 9.64 Å². The first-order chi connectivity index (χ1) is 12.1. The van der Waals surface area contributed by atoms with Gasteiger partial charge in [-0.15, -0.1) is 0 Å². The van der Waals surface area contributed by atoms with Crippen LogP contribution in [-0.4, -0.2) is 25.5 Å². The largest absolute Gasteiger partial charge is 0.495 e. The zero-order valence-electron chi connectivity index (χ0n) is 13.8. The van der Waals surface area contributed by atoms with E-state index in [1.807, 2.05) is 24.3 Å². The molecule has 1 fully saturated rings. The molecule has 6 heteroatoms. The topological polar surface area (TPSA) is 55.8 Å². The molecular formula is C19H18ClNO4. The Balaban J connectivity index is 1.66. The van der Waals surface area contributed by atoms with Gasteiger partial charge in [0.1, 0.15) is 12.4 Å². The maximum atomic E-state index is 12.3. The van der Waals surface area contributed by atoms with Crippen molar-refractivity contribution in [2.75, 3.05) is 18.6 Å². The molecule has 1 aliphatic heterocycles. The summed E-state index contributed by atoms with van der Waals surface area (Å²) in [6.07, 6.45) is 0.124. The lowest BCUT2D eigenvalue weighted by molar-refractivity contribution is -0.149. The van der Waals surface area contributed by atoms with Crippen LogP contribution in [0.4, 0.5) is 5.69 Å². The summed E-state index contributed by atoms with van der Waals surface area (Å²) in [5, 5.41) is 0.549. The summed E-state index contributed by atoms with van der Waals surface area (Å²) >= 11 is 6.06. The number of amides is 1. The average Bonchev–Trinajstić information content (AvgIpc) is 3.02. The Labute approximate surface area is 151 Å². The Morgan fingerprint density at radius 2 is 1.92 bits per heavy atom. The molecule has 130 valence electrons. The Hall–Kier alpha value is -2.53. The lowest BCUT2D eigenvalue weighted by Crippen LogP contribution is -2.26. The summed E-state index contributed by atoms with van der Waals surface area (Å²) < 4.78 is 10.6. The van der Waals surface area contributed by atoms with Crippen LogP contribution in [0.5, 0.6) is 5.75 Å². The second kappa shape index (κ2) is 7.57. The Bertz CT molecular complexity index is 792. The number of para-hydroxylation sites is 2. The third kappa shape index (κ3) is 3.77. The number of rotatable bonds is 5.